The molecule has 0 aromatic heterocycles. The van der Waals surface area contributed by atoms with E-state index in [2.05, 4.69) is 21.2 Å². The molecule has 0 heterocycles. The molecule has 18 heavy (non-hydrogen) atoms. The van der Waals surface area contributed by atoms with Gasteiger partial charge in [-0.05, 0) is 42.0 Å². The Balaban J connectivity index is 1.96. The van der Waals surface area contributed by atoms with E-state index in [0.717, 1.165) is 15.7 Å². The second-order valence-corrected chi connectivity index (χ2v) is 4.85. The monoisotopic (exact) mass is 304 g/mol. The molecule has 2 aromatic carbocycles. The normalized spacial score (nSPS) is 10.1. The maximum atomic E-state index is 11.8. The van der Waals surface area contributed by atoms with Crippen molar-refractivity contribution in [1.29, 1.82) is 0 Å². The molecule has 0 aliphatic rings. The molecule has 0 aliphatic heterocycles. The molecule has 0 spiro atoms. The lowest BCUT2D eigenvalue weighted by Crippen LogP contribution is -2.22. The largest absolute Gasteiger partial charge is 0.399 e. The van der Waals surface area contributed by atoms with Gasteiger partial charge in [0.15, 0.2) is 0 Å². The first-order chi connectivity index (χ1) is 8.65. The van der Waals surface area contributed by atoms with Crippen molar-refractivity contribution in [1.82, 2.24) is 5.32 Å². The molecule has 0 aliphatic carbocycles. The van der Waals surface area contributed by atoms with Gasteiger partial charge in [-0.2, -0.15) is 0 Å². The first-order valence-corrected chi connectivity index (χ1v) is 6.32. The lowest BCUT2D eigenvalue weighted by Gasteiger charge is -2.05. The van der Waals surface area contributed by atoms with Crippen LogP contribution < -0.4 is 11.1 Å². The van der Waals surface area contributed by atoms with E-state index in [1.807, 2.05) is 36.4 Å². The van der Waals surface area contributed by atoms with Crippen LogP contribution in [0.2, 0.25) is 0 Å². The van der Waals surface area contributed by atoms with Crippen molar-refractivity contribution < 1.29 is 4.79 Å². The Labute approximate surface area is 114 Å². The number of nitrogens with one attached hydrogen (secondary N) is 1. The molecule has 0 fully saturated rings. The average Bonchev–Trinajstić information content (AvgIpc) is 2.38. The number of nitrogens with two attached hydrogens (primary N) is 1. The van der Waals surface area contributed by atoms with Gasteiger partial charge in [0.05, 0.1) is 0 Å². The number of nitrogen functional groups attached to an aromatic ring is 1. The molecule has 0 unspecified atom stereocenters. The van der Waals surface area contributed by atoms with Crippen molar-refractivity contribution in [2.75, 3.05) is 5.73 Å². The number of amides is 1. The summed E-state index contributed by atoms with van der Waals surface area (Å²) in [7, 11) is 0. The van der Waals surface area contributed by atoms with Crippen LogP contribution in [0.3, 0.4) is 0 Å². The summed E-state index contributed by atoms with van der Waals surface area (Å²) >= 11 is 3.33. The number of anilines is 1. The molecule has 0 bridgehead atoms. The highest BCUT2D eigenvalue weighted by molar-refractivity contribution is 9.10. The van der Waals surface area contributed by atoms with Crippen molar-refractivity contribution in [3.63, 3.8) is 0 Å². The number of rotatable bonds is 3. The Morgan fingerprint density at radius 3 is 2.28 bits per heavy atom. The summed E-state index contributed by atoms with van der Waals surface area (Å²) in [5.41, 5.74) is 7.99. The first-order valence-electron chi connectivity index (χ1n) is 5.53. The average molecular weight is 305 g/mol. The fourth-order valence-electron chi connectivity index (χ4n) is 1.52. The molecule has 0 radical (unpaired) electrons. The van der Waals surface area contributed by atoms with Gasteiger partial charge in [-0.1, -0.05) is 28.1 Å². The Kier molecular flexibility index (Phi) is 3.99. The Morgan fingerprint density at radius 2 is 1.67 bits per heavy atom. The van der Waals surface area contributed by atoms with Crippen molar-refractivity contribution in [2.45, 2.75) is 6.54 Å². The minimum atomic E-state index is -0.0840. The summed E-state index contributed by atoms with van der Waals surface area (Å²) in [6.07, 6.45) is 0. The molecule has 0 saturated heterocycles. The second-order valence-electron chi connectivity index (χ2n) is 3.93. The molecule has 92 valence electrons. The SMILES string of the molecule is Nc1ccc(CNC(=O)c2ccc(Br)cc2)cc1. The number of hydrogen-bond acceptors (Lipinski definition) is 2. The van der Waals surface area contributed by atoms with Crippen LogP contribution in [0.4, 0.5) is 5.69 Å². The zero-order valence-electron chi connectivity index (χ0n) is 9.69. The van der Waals surface area contributed by atoms with Crippen LogP contribution in [0, 0.1) is 0 Å². The zero-order chi connectivity index (χ0) is 13.0. The Morgan fingerprint density at radius 1 is 1.06 bits per heavy atom. The molecule has 4 heteroatoms. The minimum Gasteiger partial charge on any atom is -0.399 e. The molecule has 0 atom stereocenters. The second kappa shape index (κ2) is 5.69. The molecule has 2 rings (SSSR count). The van der Waals surface area contributed by atoms with Gasteiger partial charge >= 0.3 is 0 Å². The van der Waals surface area contributed by atoms with Crippen LogP contribution in [0.15, 0.2) is 53.0 Å². The van der Waals surface area contributed by atoms with Gasteiger partial charge in [-0.25, -0.2) is 0 Å². The van der Waals surface area contributed by atoms with E-state index in [-0.39, 0.29) is 5.91 Å². The van der Waals surface area contributed by atoms with E-state index < -0.39 is 0 Å². The topological polar surface area (TPSA) is 55.1 Å². The van der Waals surface area contributed by atoms with E-state index in [1.165, 1.54) is 0 Å². The number of halogens is 1. The smallest absolute Gasteiger partial charge is 0.251 e. The molecule has 3 N–H and O–H groups in total. The predicted octanol–water partition coefficient (Wildman–Crippen LogP) is 2.96. The van der Waals surface area contributed by atoms with Gasteiger partial charge in [0.25, 0.3) is 5.91 Å². The maximum Gasteiger partial charge on any atom is 0.251 e. The molecular weight excluding hydrogens is 292 g/mol. The molecule has 1 amide bonds. The van der Waals surface area contributed by atoms with Crippen LogP contribution in [0.5, 0.6) is 0 Å². The van der Waals surface area contributed by atoms with Crippen LogP contribution in [-0.2, 0) is 6.54 Å². The summed E-state index contributed by atoms with van der Waals surface area (Å²) in [5, 5.41) is 2.86. The van der Waals surface area contributed by atoms with Crippen molar-refractivity contribution in [2.24, 2.45) is 0 Å². The highest BCUT2D eigenvalue weighted by atomic mass is 79.9. The molecular formula is C14H13BrN2O. The Bertz CT molecular complexity index is 535. The molecule has 2 aromatic rings. The maximum absolute atomic E-state index is 11.8. The quantitative estimate of drug-likeness (QED) is 0.857. The van der Waals surface area contributed by atoms with Crippen LogP contribution >= 0.6 is 15.9 Å². The van der Waals surface area contributed by atoms with Gasteiger partial charge in [-0.15, -0.1) is 0 Å². The lowest BCUT2D eigenvalue weighted by atomic mass is 10.2. The van der Waals surface area contributed by atoms with Crippen molar-refractivity contribution in [3.05, 3.63) is 64.1 Å². The standard InChI is InChI=1S/C14H13BrN2O/c15-12-5-3-11(4-6-12)14(18)17-9-10-1-7-13(16)8-2-10/h1-8H,9,16H2,(H,17,18). The third kappa shape index (κ3) is 3.34. The highest BCUT2D eigenvalue weighted by Gasteiger charge is 2.04. The molecule has 0 saturated carbocycles. The summed E-state index contributed by atoms with van der Waals surface area (Å²) in [4.78, 5) is 11.8. The van der Waals surface area contributed by atoms with Gasteiger partial charge in [0.1, 0.15) is 0 Å². The van der Waals surface area contributed by atoms with E-state index >= 15 is 0 Å². The summed E-state index contributed by atoms with van der Waals surface area (Å²) < 4.78 is 0.956. The summed E-state index contributed by atoms with van der Waals surface area (Å²) in [6, 6.07) is 14.7. The van der Waals surface area contributed by atoms with Crippen molar-refractivity contribution in [3.8, 4) is 0 Å². The van der Waals surface area contributed by atoms with Gasteiger partial charge in [0.2, 0.25) is 0 Å². The van der Waals surface area contributed by atoms with E-state index in [1.54, 1.807) is 12.1 Å². The van der Waals surface area contributed by atoms with Gasteiger partial charge in [-0.3, -0.25) is 4.79 Å². The minimum absolute atomic E-state index is 0.0840. The lowest BCUT2D eigenvalue weighted by molar-refractivity contribution is 0.0951. The summed E-state index contributed by atoms with van der Waals surface area (Å²) in [5.74, 6) is -0.0840. The van der Waals surface area contributed by atoms with Gasteiger partial charge < -0.3 is 11.1 Å². The van der Waals surface area contributed by atoms with Gasteiger partial charge in [0, 0.05) is 22.3 Å². The van der Waals surface area contributed by atoms with Crippen LogP contribution in [0.1, 0.15) is 15.9 Å². The van der Waals surface area contributed by atoms with E-state index in [9.17, 15) is 4.79 Å². The fraction of sp³-hybridized carbons (Fsp3) is 0.0714. The number of benzene rings is 2. The Hall–Kier alpha value is -1.81. The molecule has 3 nitrogen and oxygen atoms in total. The predicted molar refractivity (Wildman–Crippen MR) is 76.2 cm³/mol. The van der Waals surface area contributed by atoms with Crippen molar-refractivity contribution >= 4 is 27.5 Å². The van der Waals surface area contributed by atoms with Crippen LogP contribution in [0.25, 0.3) is 0 Å². The third-order valence-corrected chi connectivity index (χ3v) is 3.07. The fourth-order valence-corrected chi connectivity index (χ4v) is 1.79. The third-order valence-electron chi connectivity index (χ3n) is 2.54. The number of hydrogen-bond donors (Lipinski definition) is 2. The van der Waals surface area contributed by atoms with Crippen LogP contribution in [-0.4, -0.2) is 5.91 Å². The van der Waals surface area contributed by atoms with E-state index in [4.69, 9.17) is 5.73 Å². The van der Waals surface area contributed by atoms with E-state index in [0.29, 0.717) is 12.1 Å². The first kappa shape index (κ1) is 12.6. The number of carbonyl (C=O) groups excluding carboxylic acids is 1. The number of carbonyl (C=O) groups is 1. The highest BCUT2D eigenvalue weighted by Crippen LogP contribution is 2.11. The summed E-state index contributed by atoms with van der Waals surface area (Å²) in [6.45, 7) is 0.495. The zero-order valence-corrected chi connectivity index (χ0v) is 11.3.